The van der Waals surface area contributed by atoms with Crippen LogP contribution >= 0.6 is 0 Å². The minimum Gasteiger partial charge on any atom is -0.397 e. The molecule has 0 bridgehead atoms. The molecular formula is C51H34N6. The molecule has 11 rings (SSSR count). The number of aromatic nitrogens is 5. The zero-order valence-corrected chi connectivity index (χ0v) is 30.8. The summed E-state index contributed by atoms with van der Waals surface area (Å²) in [4.78, 5) is 15.0. The van der Waals surface area contributed by atoms with Gasteiger partial charge in [0, 0.05) is 43.9 Å². The van der Waals surface area contributed by atoms with Gasteiger partial charge in [-0.25, -0.2) is 15.0 Å². The van der Waals surface area contributed by atoms with E-state index in [9.17, 15) is 0 Å². The molecule has 57 heavy (non-hydrogen) atoms. The van der Waals surface area contributed by atoms with Gasteiger partial charge in [-0.1, -0.05) is 146 Å². The Bertz CT molecular complexity index is 3280. The van der Waals surface area contributed by atoms with E-state index < -0.39 is 0 Å². The van der Waals surface area contributed by atoms with Gasteiger partial charge in [0.1, 0.15) is 0 Å². The van der Waals surface area contributed by atoms with Crippen LogP contribution in [0.15, 0.2) is 194 Å². The van der Waals surface area contributed by atoms with E-state index >= 15 is 0 Å². The van der Waals surface area contributed by atoms with E-state index in [4.69, 9.17) is 20.7 Å². The summed E-state index contributed by atoms with van der Waals surface area (Å²) < 4.78 is 4.69. The van der Waals surface area contributed by atoms with Gasteiger partial charge in [-0.05, 0) is 59.7 Å². The first kappa shape index (κ1) is 32.6. The molecule has 6 heteroatoms. The second-order valence-corrected chi connectivity index (χ2v) is 14.3. The molecule has 2 N–H and O–H groups in total. The van der Waals surface area contributed by atoms with Crippen molar-refractivity contribution in [2.75, 3.05) is 5.73 Å². The fourth-order valence-electron chi connectivity index (χ4n) is 8.30. The van der Waals surface area contributed by atoms with Crippen LogP contribution in [0.1, 0.15) is 0 Å². The molecular weight excluding hydrogens is 697 g/mol. The summed E-state index contributed by atoms with van der Waals surface area (Å²) in [6, 6.07) is 67.3. The highest BCUT2D eigenvalue weighted by Gasteiger charge is 2.22. The van der Waals surface area contributed by atoms with Crippen LogP contribution in [0.5, 0.6) is 0 Å². The van der Waals surface area contributed by atoms with E-state index in [0.717, 1.165) is 61.3 Å². The first-order valence-electron chi connectivity index (χ1n) is 19.1. The molecule has 268 valence electrons. The highest BCUT2D eigenvalue weighted by molar-refractivity contribution is 6.26. The third-order valence-corrected chi connectivity index (χ3v) is 10.9. The van der Waals surface area contributed by atoms with Crippen molar-refractivity contribution >= 4 is 49.3 Å². The summed E-state index contributed by atoms with van der Waals surface area (Å²) in [5.41, 5.74) is 19.2. The standard InChI is InChI=1S/C51H34N6/c52-42-32-37(51-54-49(35-16-6-2-7-17-35)53-50(55-51)36-26-24-34(25-27-36)33-14-4-1-5-15-33)28-30-45(42)57-43-22-12-10-20-39(43)40-29-31-46-47(48(40)57)41-21-11-13-23-44(41)56(46)38-18-8-3-9-19-38/h1-32H,52H2. The van der Waals surface area contributed by atoms with Gasteiger partial charge in [-0.15, -0.1) is 0 Å². The average molecular weight is 731 g/mol. The van der Waals surface area contributed by atoms with Gasteiger partial charge in [0.25, 0.3) is 0 Å². The Morgan fingerprint density at radius 2 is 0.842 bits per heavy atom. The lowest BCUT2D eigenvalue weighted by Crippen LogP contribution is -2.03. The highest BCUT2D eigenvalue weighted by atomic mass is 15.0. The van der Waals surface area contributed by atoms with E-state index in [0.29, 0.717) is 23.2 Å². The van der Waals surface area contributed by atoms with Gasteiger partial charge in [-0.2, -0.15) is 0 Å². The molecule has 8 aromatic carbocycles. The van der Waals surface area contributed by atoms with Gasteiger partial charge < -0.3 is 14.9 Å². The third kappa shape index (κ3) is 5.38. The molecule has 0 spiro atoms. The number of para-hydroxylation sites is 3. The Morgan fingerprint density at radius 1 is 0.351 bits per heavy atom. The predicted molar refractivity (Wildman–Crippen MR) is 235 cm³/mol. The third-order valence-electron chi connectivity index (χ3n) is 10.9. The van der Waals surface area contributed by atoms with Gasteiger partial charge in [0.05, 0.1) is 33.4 Å². The smallest absolute Gasteiger partial charge is 0.164 e. The largest absolute Gasteiger partial charge is 0.397 e. The van der Waals surface area contributed by atoms with E-state index in [2.05, 4.69) is 161 Å². The first-order chi connectivity index (χ1) is 28.2. The van der Waals surface area contributed by atoms with Crippen LogP contribution in [0.4, 0.5) is 5.69 Å². The fraction of sp³-hybridized carbons (Fsp3) is 0. The zero-order valence-electron chi connectivity index (χ0n) is 30.8. The van der Waals surface area contributed by atoms with Gasteiger partial charge in [0.15, 0.2) is 17.5 Å². The monoisotopic (exact) mass is 730 g/mol. The van der Waals surface area contributed by atoms with Crippen LogP contribution < -0.4 is 5.73 Å². The summed E-state index contributed by atoms with van der Waals surface area (Å²) in [6.07, 6.45) is 0. The lowest BCUT2D eigenvalue weighted by Gasteiger charge is -2.14. The molecule has 0 radical (unpaired) electrons. The first-order valence-corrected chi connectivity index (χ1v) is 19.1. The molecule has 0 atom stereocenters. The van der Waals surface area contributed by atoms with Crippen molar-refractivity contribution in [1.29, 1.82) is 0 Å². The number of nitrogen functional groups attached to an aromatic ring is 1. The van der Waals surface area contributed by atoms with Gasteiger partial charge in [0.2, 0.25) is 0 Å². The highest BCUT2D eigenvalue weighted by Crippen LogP contribution is 2.43. The topological polar surface area (TPSA) is 74.6 Å². The Kier molecular flexibility index (Phi) is 7.54. The number of rotatable bonds is 6. The van der Waals surface area contributed by atoms with E-state index in [1.165, 1.54) is 21.5 Å². The molecule has 0 aliphatic carbocycles. The fourth-order valence-corrected chi connectivity index (χ4v) is 8.30. The summed E-state index contributed by atoms with van der Waals surface area (Å²) >= 11 is 0. The van der Waals surface area contributed by atoms with Crippen molar-refractivity contribution in [1.82, 2.24) is 24.1 Å². The number of hydrogen-bond donors (Lipinski definition) is 1. The number of fused-ring (bicyclic) bond motifs is 7. The minimum atomic E-state index is 0.555. The van der Waals surface area contributed by atoms with Gasteiger partial charge >= 0.3 is 0 Å². The lowest BCUT2D eigenvalue weighted by atomic mass is 10.0. The maximum atomic E-state index is 7.16. The maximum Gasteiger partial charge on any atom is 0.164 e. The van der Waals surface area contributed by atoms with Crippen LogP contribution in [-0.4, -0.2) is 24.1 Å². The Morgan fingerprint density at radius 3 is 1.51 bits per heavy atom. The van der Waals surface area contributed by atoms with E-state index in [1.54, 1.807) is 0 Å². The predicted octanol–water partition coefficient (Wildman–Crippen LogP) is 12.3. The molecule has 11 aromatic rings. The molecule has 3 aromatic heterocycles. The summed E-state index contributed by atoms with van der Waals surface area (Å²) in [6.45, 7) is 0. The lowest BCUT2D eigenvalue weighted by molar-refractivity contribution is 1.07. The molecule has 0 fully saturated rings. The molecule has 0 amide bonds. The van der Waals surface area contributed by atoms with E-state index in [-0.39, 0.29) is 0 Å². The number of benzene rings is 8. The van der Waals surface area contributed by atoms with Crippen LogP contribution in [-0.2, 0) is 0 Å². The average Bonchev–Trinajstić information content (AvgIpc) is 3.80. The van der Waals surface area contributed by atoms with Crippen molar-refractivity contribution in [2.24, 2.45) is 0 Å². The van der Waals surface area contributed by atoms with Gasteiger partial charge in [-0.3, -0.25) is 0 Å². The second kappa shape index (κ2) is 13.2. The summed E-state index contributed by atoms with van der Waals surface area (Å²) in [5, 5.41) is 4.71. The molecule has 3 heterocycles. The van der Waals surface area contributed by atoms with Crippen molar-refractivity contribution in [3.05, 3.63) is 194 Å². The van der Waals surface area contributed by atoms with E-state index in [1.807, 2.05) is 42.5 Å². The number of anilines is 1. The van der Waals surface area contributed by atoms with Crippen LogP contribution in [0.2, 0.25) is 0 Å². The summed E-state index contributed by atoms with van der Waals surface area (Å²) in [5.74, 6) is 1.76. The Hall–Kier alpha value is -7.83. The van der Waals surface area contributed by atoms with Crippen molar-refractivity contribution in [3.63, 3.8) is 0 Å². The molecule has 0 unspecified atom stereocenters. The van der Waals surface area contributed by atoms with Crippen LogP contribution in [0.25, 0.3) is 100 Å². The quantitative estimate of drug-likeness (QED) is 0.173. The number of nitrogens with two attached hydrogens (primary N) is 1. The number of nitrogens with zero attached hydrogens (tertiary/aromatic N) is 5. The Labute approximate surface area is 328 Å². The van der Waals surface area contributed by atoms with Crippen LogP contribution in [0.3, 0.4) is 0 Å². The maximum absolute atomic E-state index is 7.16. The molecule has 0 aliphatic rings. The molecule has 0 saturated heterocycles. The van der Waals surface area contributed by atoms with Crippen LogP contribution in [0, 0.1) is 0 Å². The molecule has 0 saturated carbocycles. The SMILES string of the molecule is Nc1cc(-c2nc(-c3ccccc3)nc(-c3ccc(-c4ccccc4)cc3)n2)ccc1-n1c2ccccc2c2ccc3c(c4ccccc4n3-c3ccccc3)c21. The summed E-state index contributed by atoms with van der Waals surface area (Å²) in [7, 11) is 0. The normalized spacial score (nSPS) is 11.6. The molecule has 0 aliphatic heterocycles. The van der Waals surface area contributed by atoms with Crippen molar-refractivity contribution in [2.45, 2.75) is 0 Å². The Balaban J connectivity index is 1.10. The number of hydrogen-bond acceptors (Lipinski definition) is 4. The minimum absolute atomic E-state index is 0.555. The van der Waals surface area contributed by atoms with Crippen molar-refractivity contribution < 1.29 is 0 Å². The zero-order chi connectivity index (χ0) is 37.9. The van der Waals surface area contributed by atoms with Crippen molar-refractivity contribution in [3.8, 4) is 56.7 Å². The molecule has 6 nitrogen and oxygen atoms in total. The second-order valence-electron chi connectivity index (χ2n) is 14.3.